The lowest BCUT2D eigenvalue weighted by atomic mass is 9.56. The molecule has 0 bridgehead atoms. The maximum atomic E-state index is 13.9. The number of carbonyl (C=O) groups is 4. The van der Waals surface area contributed by atoms with E-state index >= 15 is 0 Å². The van der Waals surface area contributed by atoms with Gasteiger partial charge in [0.05, 0.1) is 29.3 Å². The van der Waals surface area contributed by atoms with E-state index in [9.17, 15) is 44.0 Å². The molecule has 0 aliphatic heterocycles. The summed E-state index contributed by atoms with van der Waals surface area (Å²) in [5.41, 5.74) is 4.22. The molecular weight excluding hydrogens is 553 g/mol. The topological polar surface area (TPSA) is 200 Å². The van der Waals surface area contributed by atoms with Crippen LogP contribution in [0.2, 0.25) is 0 Å². The van der Waals surface area contributed by atoms with Crippen molar-refractivity contribution < 1.29 is 48.7 Å². The molecule has 0 aromatic heterocycles. The lowest BCUT2D eigenvalue weighted by Gasteiger charge is -2.50. The maximum absolute atomic E-state index is 13.9. The first-order valence-electron chi connectivity index (χ1n) is 13.0. The minimum absolute atomic E-state index is 0.0210. The predicted octanol–water partition coefficient (Wildman–Crippen LogP) is 2.13. The van der Waals surface area contributed by atoms with Crippen molar-refractivity contribution in [3.8, 4) is 11.5 Å². The molecule has 3 aliphatic carbocycles. The Labute approximate surface area is 238 Å². The predicted molar refractivity (Wildman–Crippen MR) is 145 cm³/mol. The number of primary amides is 1. The van der Waals surface area contributed by atoms with Crippen molar-refractivity contribution in [3.63, 3.8) is 0 Å². The number of hydrogen-bond donors (Lipinski definition) is 6. The highest BCUT2D eigenvalue weighted by Crippen LogP contribution is 2.55. The highest BCUT2D eigenvalue weighted by molar-refractivity contribution is 6.28. The molecule has 0 radical (unpaired) electrons. The molecular formula is C29H28FN3O9. The number of rotatable bonds is 4. The van der Waals surface area contributed by atoms with E-state index in [0.29, 0.717) is 5.56 Å². The van der Waals surface area contributed by atoms with Gasteiger partial charge in [0.2, 0.25) is 0 Å². The fourth-order valence-corrected chi connectivity index (χ4v) is 6.45. The lowest BCUT2D eigenvalue weighted by molar-refractivity contribution is -0.143. The Morgan fingerprint density at radius 3 is 2.26 bits per heavy atom. The van der Waals surface area contributed by atoms with Crippen LogP contribution in [0.5, 0.6) is 11.5 Å². The number of phenols is 1. The fourth-order valence-electron chi connectivity index (χ4n) is 6.45. The summed E-state index contributed by atoms with van der Waals surface area (Å²) in [6.45, 7) is 1.65. The molecule has 0 saturated heterocycles. The molecule has 7 N–H and O–H groups in total. The van der Waals surface area contributed by atoms with Crippen LogP contribution in [0.4, 0.5) is 14.9 Å². The lowest BCUT2D eigenvalue weighted by Crippen LogP contribution is -2.61. The smallest absolute Gasteiger partial charge is 0.417 e. The van der Waals surface area contributed by atoms with Gasteiger partial charge in [0.1, 0.15) is 34.4 Å². The molecule has 2 aromatic carbocycles. The number of nitrogens with two attached hydrogens (primary N) is 1. The average Bonchev–Trinajstić information content (AvgIpc) is 2.91. The Kier molecular flexibility index (Phi) is 7.03. The molecule has 2 amide bonds. The summed E-state index contributed by atoms with van der Waals surface area (Å²) in [7, 11) is 3.08. The van der Waals surface area contributed by atoms with Gasteiger partial charge in [0.15, 0.2) is 11.6 Å². The molecule has 13 heteroatoms. The number of hydrogen-bond acceptors (Lipinski definition) is 10. The van der Waals surface area contributed by atoms with Crippen molar-refractivity contribution in [1.29, 1.82) is 0 Å². The Hall–Kier alpha value is -4.75. The summed E-state index contributed by atoms with van der Waals surface area (Å²) in [6, 6.07) is 6.33. The van der Waals surface area contributed by atoms with Gasteiger partial charge in [0, 0.05) is 17.4 Å². The molecule has 0 spiro atoms. The van der Waals surface area contributed by atoms with Crippen LogP contribution in [0.1, 0.15) is 24.0 Å². The van der Waals surface area contributed by atoms with Crippen molar-refractivity contribution >= 4 is 35.0 Å². The van der Waals surface area contributed by atoms with Crippen LogP contribution in [0.25, 0.3) is 5.76 Å². The number of anilines is 1. The largest absolute Gasteiger partial charge is 0.510 e. The van der Waals surface area contributed by atoms with Gasteiger partial charge < -0.3 is 30.9 Å². The quantitative estimate of drug-likeness (QED) is 0.177. The second kappa shape index (κ2) is 10.3. The maximum Gasteiger partial charge on any atom is 0.417 e. The standard InChI is InChI=1S/C29H28FN3O9/c1-10-13-8-9-14(32-29(41)42-12-6-4-11(30)5-7-12)22(34)16(13)24(36)18-15(10)23(35)17-19(25(18)37)26(38)20(28(31)40)27(39)21(17)33(2)3/h4-10,15,17,19,21,23,34-36,39H,1-3H3,(H2,31,40)(H,32,41)/t10-,15?,17?,19?,21-,23?/m0/s1. The molecule has 3 aliphatic rings. The van der Waals surface area contributed by atoms with E-state index < -0.39 is 88.0 Å². The second-order valence-corrected chi connectivity index (χ2v) is 10.8. The first kappa shape index (κ1) is 28.8. The van der Waals surface area contributed by atoms with Gasteiger partial charge in [-0.1, -0.05) is 13.0 Å². The van der Waals surface area contributed by atoms with E-state index in [1.807, 2.05) is 0 Å². The SMILES string of the molecule is C[C@H]1c2ccc(NC(=O)Oc3ccc(F)cc3)c(O)c2C(O)=C2C(=O)C3C(=O)C(C(N)=O)=C(O)[C@@H](N(C)C)C3C(O)C21. The van der Waals surface area contributed by atoms with Crippen molar-refractivity contribution in [1.82, 2.24) is 4.90 Å². The normalized spacial score (nSPS) is 26.9. The van der Waals surface area contributed by atoms with E-state index in [4.69, 9.17) is 10.5 Å². The first-order valence-corrected chi connectivity index (χ1v) is 13.0. The van der Waals surface area contributed by atoms with Gasteiger partial charge in [-0.25, -0.2) is 9.18 Å². The minimum atomic E-state index is -1.65. The van der Waals surface area contributed by atoms with Gasteiger partial charge in [-0.3, -0.25) is 24.6 Å². The summed E-state index contributed by atoms with van der Waals surface area (Å²) >= 11 is 0. The third-order valence-corrected chi connectivity index (χ3v) is 8.25. The van der Waals surface area contributed by atoms with Crippen molar-refractivity contribution in [3.05, 3.63) is 70.2 Å². The number of aliphatic hydroxyl groups is 3. The number of amides is 2. The number of ether oxygens (including phenoxy) is 1. The molecule has 12 nitrogen and oxygen atoms in total. The number of ketones is 2. The summed E-state index contributed by atoms with van der Waals surface area (Å²) in [5.74, 6) is -10.3. The summed E-state index contributed by atoms with van der Waals surface area (Å²) < 4.78 is 18.2. The van der Waals surface area contributed by atoms with Crippen LogP contribution in [0, 0.1) is 23.6 Å². The number of phenolic OH excluding ortho intramolecular Hbond substituents is 1. The molecule has 2 aromatic rings. The van der Waals surface area contributed by atoms with E-state index in [0.717, 1.165) is 12.1 Å². The van der Waals surface area contributed by atoms with Crippen LogP contribution >= 0.6 is 0 Å². The number of benzene rings is 2. The van der Waals surface area contributed by atoms with Crippen LogP contribution in [-0.2, 0) is 14.4 Å². The van der Waals surface area contributed by atoms with E-state index in [-0.39, 0.29) is 22.6 Å². The molecule has 1 fully saturated rings. The molecule has 4 unspecified atom stereocenters. The number of halogens is 1. The molecule has 0 heterocycles. The van der Waals surface area contributed by atoms with E-state index in [1.54, 1.807) is 21.0 Å². The number of likely N-dealkylation sites (N-methyl/N-ethyl adjacent to an activating group) is 1. The number of Topliss-reactive ketones (excluding diaryl/α,β-unsaturated/α-hetero) is 2. The third-order valence-electron chi connectivity index (χ3n) is 8.25. The number of fused-ring (bicyclic) bond motifs is 3. The summed E-state index contributed by atoms with van der Waals surface area (Å²) in [6.07, 6.45) is -2.49. The van der Waals surface area contributed by atoms with Crippen LogP contribution < -0.4 is 15.8 Å². The minimum Gasteiger partial charge on any atom is -0.510 e. The fraction of sp³-hybridized carbons (Fsp3) is 0.310. The average molecular weight is 582 g/mol. The zero-order valence-corrected chi connectivity index (χ0v) is 22.7. The van der Waals surface area contributed by atoms with Crippen molar-refractivity contribution in [2.75, 3.05) is 19.4 Å². The molecule has 6 atom stereocenters. The Bertz CT molecular complexity index is 1600. The molecule has 1 saturated carbocycles. The van der Waals surface area contributed by atoms with Crippen LogP contribution in [0.3, 0.4) is 0 Å². The number of aliphatic hydroxyl groups excluding tert-OH is 3. The summed E-state index contributed by atoms with van der Waals surface area (Å²) in [4.78, 5) is 53.3. The zero-order chi connectivity index (χ0) is 30.8. The Morgan fingerprint density at radius 1 is 1.02 bits per heavy atom. The van der Waals surface area contributed by atoms with Gasteiger partial charge in [-0.2, -0.15) is 0 Å². The number of nitrogens with zero attached hydrogens (tertiary/aromatic N) is 1. The van der Waals surface area contributed by atoms with Crippen molar-refractivity contribution in [2.24, 2.45) is 23.5 Å². The molecule has 5 rings (SSSR count). The molecule has 42 heavy (non-hydrogen) atoms. The van der Waals surface area contributed by atoms with Crippen LogP contribution in [0.15, 0.2) is 53.3 Å². The van der Waals surface area contributed by atoms with Crippen LogP contribution in [-0.4, -0.2) is 75.1 Å². The highest BCUT2D eigenvalue weighted by Gasteiger charge is 2.60. The number of aromatic hydroxyl groups is 1. The molecule has 220 valence electrons. The third kappa shape index (κ3) is 4.28. The van der Waals surface area contributed by atoms with E-state index in [1.165, 1.54) is 29.2 Å². The number of nitrogens with one attached hydrogen (secondary N) is 1. The number of carbonyl (C=O) groups excluding carboxylic acids is 4. The van der Waals surface area contributed by atoms with Gasteiger partial charge in [-0.15, -0.1) is 0 Å². The zero-order valence-electron chi connectivity index (χ0n) is 22.7. The van der Waals surface area contributed by atoms with Gasteiger partial charge in [0.25, 0.3) is 5.91 Å². The Balaban J connectivity index is 1.57. The second-order valence-electron chi connectivity index (χ2n) is 10.8. The highest BCUT2D eigenvalue weighted by atomic mass is 19.1. The van der Waals surface area contributed by atoms with Crippen molar-refractivity contribution in [2.45, 2.75) is 25.0 Å². The Morgan fingerprint density at radius 2 is 1.67 bits per heavy atom. The van der Waals surface area contributed by atoms with E-state index in [2.05, 4.69) is 5.32 Å². The monoisotopic (exact) mass is 581 g/mol. The van der Waals surface area contributed by atoms with Gasteiger partial charge in [-0.05, 0) is 55.9 Å². The summed E-state index contributed by atoms with van der Waals surface area (Å²) in [5, 5.41) is 47.3. The van der Waals surface area contributed by atoms with Gasteiger partial charge >= 0.3 is 6.09 Å². The first-order chi connectivity index (χ1) is 19.8.